The lowest BCUT2D eigenvalue weighted by Gasteiger charge is -2.10. The van der Waals surface area contributed by atoms with Crippen LogP contribution in [0.2, 0.25) is 5.02 Å². The maximum Gasteiger partial charge on any atom is 0.184 e. The maximum absolute atomic E-state index is 5.88. The Morgan fingerprint density at radius 1 is 0.778 bits per heavy atom. The summed E-state index contributed by atoms with van der Waals surface area (Å²) in [6, 6.07) is 16.1. The Morgan fingerprint density at radius 2 is 1.28 bits per heavy atom. The van der Waals surface area contributed by atoms with Crippen LogP contribution in [0.1, 0.15) is 11.9 Å². The minimum absolute atomic E-state index is 0.204. The van der Waals surface area contributed by atoms with Gasteiger partial charge >= 0.3 is 0 Å². The molecule has 1 saturated heterocycles. The molecule has 3 heteroatoms. The largest absolute Gasteiger partial charge is 0.346 e. The van der Waals surface area contributed by atoms with E-state index in [-0.39, 0.29) is 6.29 Å². The summed E-state index contributed by atoms with van der Waals surface area (Å²) >= 11 is 5.88. The quantitative estimate of drug-likeness (QED) is 0.811. The van der Waals surface area contributed by atoms with E-state index in [0.717, 1.165) is 21.7 Å². The highest BCUT2D eigenvalue weighted by atomic mass is 35.5. The van der Waals surface area contributed by atoms with E-state index < -0.39 is 0 Å². The number of hydrogen-bond acceptors (Lipinski definition) is 2. The molecule has 0 N–H and O–H groups in total. The molecule has 3 rings (SSSR count). The van der Waals surface area contributed by atoms with Gasteiger partial charge in [-0.2, -0.15) is 0 Å². The van der Waals surface area contributed by atoms with Crippen molar-refractivity contribution in [3.05, 3.63) is 59.1 Å². The molecule has 1 fully saturated rings. The molecule has 2 aromatic carbocycles. The van der Waals surface area contributed by atoms with E-state index in [1.54, 1.807) is 0 Å². The van der Waals surface area contributed by atoms with Gasteiger partial charge in [0.2, 0.25) is 0 Å². The van der Waals surface area contributed by atoms with Crippen LogP contribution in [0, 0.1) is 0 Å². The van der Waals surface area contributed by atoms with Crippen molar-refractivity contribution >= 4 is 11.6 Å². The Labute approximate surface area is 111 Å². The molecular formula is C15H13ClO2. The van der Waals surface area contributed by atoms with Gasteiger partial charge in [-0.05, 0) is 23.3 Å². The van der Waals surface area contributed by atoms with Crippen LogP contribution in [0.4, 0.5) is 0 Å². The zero-order valence-corrected chi connectivity index (χ0v) is 10.6. The van der Waals surface area contributed by atoms with Crippen LogP contribution in [0.3, 0.4) is 0 Å². The van der Waals surface area contributed by atoms with E-state index >= 15 is 0 Å². The highest BCUT2D eigenvalue weighted by Gasteiger charge is 2.17. The fourth-order valence-electron chi connectivity index (χ4n) is 2.03. The normalized spacial score (nSPS) is 16.1. The molecule has 0 unspecified atom stereocenters. The minimum atomic E-state index is -0.204. The van der Waals surface area contributed by atoms with Gasteiger partial charge in [0.15, 0.2) is 6.29 Å². The minimum Gasteiger partial charge on any atom is -0.346 e. The van der Waals surface area contributed by atoms with Crippen LogP contribution >= 0.6 is 11.6 Å². The molecule has 0 atom stereocenters. The van der Waals surface area contributed by atoms with Gasteiger partial charge in [0.1, 0.15) is 0 Å². The summed E-state index contributed by atoms with van der Waals surface area (Å²) in [5.41, 5.74) is 3.37. The molecule has 1 aliphatic heterocycles. The molecular weight excluding hydrogens is 248 g/mol. The van der Waals surface area contributed by atoms with Gasteiger partial charge in [-0.15, -0.1) is 0 Å². The second kappa shape index (κ2) is 5.11. The lowest BCUT2D eigenvalue weighted by atomic mass is 10.0. The van der Waals surface area contributed by atoms with Crippen LogP contribution in [0.15, 0.2) is 48.5 Å². The summed E-state index contributed by atoms with van der Waals surface area (Å²) in [5.74, 6) is 0. The van der Waals surface area contributed by atoms with Crippen LogP contribution < -0.4 is 0 Å². The molecule has 1 aliphatic rings. The van der Waals surface area contributed by atoms with Crippen molar-refractivity contribution < 1.29 is 9.47 Å². The third-order valence-electron chi connectivity index (χ3n) is 2.98. The van der Waals surface area contributed by atoms with Gasteiger partial charge < -0.3 is 9.47 Å². The third kappa shape index (κ3) is 2.41. The van der Waals surface area contributed by atoms with Crippen molar-refractivity contribution in [2.75, 3.05) is 13.2 Å². The Morgan fingerprint density at radius 3 is 1.83 bits per heavy atom. The molecule has 0 amide bonds. The predicted octanol–water partition coefficient (Wildman–Crippen LogP) is 4.05. The first-order valence-electron chi connectivity index (χ1n) is 5.92. The fraction of sp³-hybridized carbons (Fsp3) is 0.200. The van der Waals surface area contributed by atoms with Crippen molar-refractivity contribution in [3.8, 4) is 11.1 Å². The molecule has 2 nitrogen and oxygen atoms in total. The number of benzene rings is 2. The van der Waals surface area contributed by atoms with Gasteiger partial charge in [-0.25, -0.2) is 0 Å². The van der Waals surface area contributed by atoms with Crippen molar-refractivity contribution in [1.82, 2.24) is 0 Å². The molecule has 0 radical (unpaired) electrons. The first kappa shape index (κ1) is 11.7. The Balaban J connectivity index is 1.84. The van der Waals surface area contributed by atoms with Crippen molar-refractivity contribution in [2.45, 2.75) is 6.29 Å². The second-order valence-electron chi connectivity index (χ2n) is 4.20. The first-order chi connectivity index (χ1) is 8.83. The number of rotatable bonds is 2. The van der Waals surface area contributed by atoms with Crippen molar-refractivity contribution in [3.63, 3.8) is 0 Å². The Kier molecular flexibility index (Phi) is 3.33. The van der Waals surface area contributed by atoms with E-state index in [1.165, 1.54) is 0 Å². The molecule has 1 heterocycles. The SMILES string of the molecule is Clc1ccc(-c2ccc(C3OCCO3)cc2)cc1. The van der Waals surface area contributed by atoms with Crippen molar-refractivity contribution in [2.24, 2.45) is 0 Å². The monoisotopic (exact) mass is 260 g/mol. The Hall–Kier alpha value is -1.35. The number of halogens is 1. The summed E-state index contributed by atoms with van der Waals surface area (Å²) in [6.45, 7) is 1.34. The molecule has 0 aliphatic carbocycles. The zero-order chi connectivity index (χ0) is 12.4. The molecule has 0 bridgehead atoms. The van der Waals surface area contributed by atoms with E-state index in [2.05, 4.69) is 12.1 Å². The van der Waals surface area contributed by atoms with Crippen LogP contribution in [-0.2, 0) is 9.47 Å². The second-order valence-corrected chi connectivity index (χ2v) is 4.64. The summed E-state index contributed by atoms with van der Waals surface area (Å²) in [7, 11) is 0. The lowest BCUT2D eigenvalue weighted by Crippen LogP contribution is -1.97. The van der Waals surface area contributed by atoms with Gasteiger partial charge in [-0.3, -0.25) is 0 Å². The maximum atomic E-state index is 5.88. The van der Waals surface area contributed by atoms with E-state index in [4.69, 9.17) is 21.1 Å². The molecule has 0 aromatic heterocycles. The number of hydrogen-bond donors (Lipinski definition) is 0. The zero-order valence-electron chi connectivity index (χ0n) is 9.80. The van der Waals surface area contributed by atoms with Gasteiger partial charge in [0.25, 0.3) is 0 Å². The summed E-state index contributed by atoms with van der Waals surface area (Å²) in [5, 5.41) is 0.753. The average Bonchev–Trinajstić information content (AvgIpc) is 2.94. The standard InChI is InChI=1S/C15H13ClO2/c16-14-7-5-12(6-8-14)11-1-3-13(4-2-11)15-17-9-10-18-15/h1-8,15H,9-10H2. The van der Waals surface area contributed by atoms with Crippen LogP contribution in [0.5, 0.6) is 0 Å². The van der Waals surface area contributed by atoms with E-state index in [0.29, 0.717) is 13.2 Å². The summed E-state index contributed by atoms with van der Waals surface area (Å²) in [6.07, 6.45) is -0.204. The van der Waals surface area contributed by atoms with E-state index in [9.17, 15) is 0 Å². The molecule has 0 saturated carbocycles. The van der Waals surface area contributed by atoms with Crippen LogP contribution in [0.25, 0.3) is 11.1 Å². The number of ether oxygens (including phenoxy) is 2. The summed E-state index contributed by atoms with van der Waals surface area (Å²) in [4.78, 5) is 0. The molecule has 92 valence electrons. The van der Waals surface area contributed by atoms with Crippen LogP contribution in [-0.4, -0.2) is 13.2 Å². The first-order valence-corrected chi connectivity index (χ1v) is 6.30. The predicted molar refractivity (Wildman–Crippen MR) is 71.5 cm³/mol. The van der Waals surface area contributed by atoms with E-state index in [1.807, 2.05) is 36.4 Å². The fourth-order valence-corrected chi connectivity index (χ4v) is 2.15. The molecule has 18 heavy (non-hydrogen) atoms. The lowest BCUT2D eigenvalue weighted by molar-refractivity contribution is -0.0441. The highest BCUT2D eigenvalue weighted by Crippen LogP contribution is 2.27. The van der Waals surface area contributed by atoms with Gasteiger partial charge in [0, 0.05) is 10.6 Å². The smallest absolute Gasteiger partial charge is 0.184 e. The van der Waals surface area contributed by atoms with Gasteiger partial charge in [-0.1, -0.05) is 48.0 Å². The van der Waals surface area contributed by atoms with Crippen molar-refractivity contribution in [1.29, 1.82) is 0 Å². The third-order valence-corrected chi connectivity index (χ3v) is 3.23. The van der Waals surface area contributed by atoms with Gasteiger partial charge in [0.05, 0.1) is 13.2 Å². The molecule has 0 spiro atoms. The Bertz CT molecular complexity index is 513. The topological polar surface area (TPSA) is 18.5 Å². The summed E-state index contributed by atoms with van der Waals surface area (Å²) < 4.78 is 10.9. The average molecular weight is 261 g/mol. The molecule has 2 aromatic rings. The highest BCUT2D eigenvalue weighted by molar-refractivity contribution is 6.30.